The van der Waals surface area contributed by atoms with Crippen LogP contribution < -0.4 is 14.8 Å². The molecule has 0 unspecified atom stereocenters. The zero-order valence-electron chi connectivity index (χ0n) is 17.0. The summed E-state index contributed by atoms with van der Waals surface area (Å²) in [6.07, 6.45) is 1.67. The molecule has 1 aliphatic heterocycles. The predicted molar refractivity (Wildman–Crippen MR) is 107 cm³/mol. The van der Waals surface area contributed by atoms with Crippen LogP contribution in [0.1, 0.15) is 47.7 Å². The minimum Gasteiger partial charge on any atom is -0.497 e. The number of hydrogen-bond donors (Lipinski definition) is 1. The molecule has 0 saturated carbocycles. The second-order valence-corrected chi connectivity index (χ2v) is 8.85. The number of nitrogens with zero attached hydrogens (tertiary/aromatic N) is 1. The van der Waals surface area contributed by atoms with Crippen molar-refractivity contribution in [3.8, 4) is 11.5 Å². The number of sulfonamides is 1. The molecule has 1 amide bonds. The number of furan rings is 1. The Labute approximate surface area is 170 Å². The molecule has 2 heterocycles. The van der Waals surface area contributed by atoms with E-state index in [0.717, 1.165) is 18.4 Å². The van der Waals surface area contributed by atoms with Crippen molar-refractivity contribution in [3.05, 3.63) is 41.3 Å². The third kappa shape index (κ3) is 4.25. The Hall–Kier alpha value is -2.52. The van der Waals surface area contributed by atoms with Crippen LogP contribution in [0.4, 0.5) is 0 Å². The van der Waals surface area contributed by atoms with Gasteiger partial charge in [0.2, 0.25) is 10.0 Å². The minimum atomic E-state index is -3.66. The average molecular weight is 423 g/mol. The molecular weight excluding hydrogens is 396 g/mol. The number of amides is 1. The Morgan fingerprint density at radius 3 is 2.48 bits per heavy atom. The smallest absolute Gasteiger partial charge is 0.287 e. The summed E-state index contributed by atoms with van der Waals surface area (Å²) in [7, 11) is -0.554. The third-order valence-electron chi connectivity index (χ3n) is 5.03. The lowest BCUT2D eigenvalue weighted by molar-refractivity contribution is 0.0910. The SMILES string of the molecule is COc1ccc(OC)c([C@@H](C)NC(=O)c2cc(S(=O)(=O)N3CCCC3)c(C)o2)c1. The quantitative estimate of drug-likeness (QED) is 0.737. The van der Waals surface area contributed by atoms with E-state index in [0.29, 0.717) is 24.6 Å². The van der Waals surface area contributed by atoms with Crippen molar-refractivity contribution in [1.82, 2.24) is 9.62 Å². The molecule has 2 aromatic rings. The van der Waals surface area contributed by atoms with Crippen molar-refractivity contribution >= 4 is 15.9 Å². The molecule has 1 aromatic heterocycles. The Kier molecular flexibility index (Phi) is 6.18. The fourth-order valence-corrected chi connectivity index (χ4v) is 5.10. The number of methoxy groups -OCH3 is 2. The summed E-state index contributed by atoms with van der Waals surface area (Å²) >= 11 is 0. The number of rotatable bonds is 7. The van der Waals surface area contributed by atoms with Gasteiger partial charge in [0.05, 0.1) is 20.3 Å². The summed E-state index contributed by atoms with van der Waals surface area (Å²) in [5, 5.41) is 2.82. The van der Waals surface area contributed by atoms with Crippen molar-refractivity contribution in [3.63, 3.8) is 0 Å². The third-order valence-corrected chi connectivity index (χ3v) is 7.04. The molecule has 1 fully saturated rings. The van der Waals surface area contributed by atoms with Gasteiger partial charge >= 0.3 is 0 Å². The normalized spacial score (nSPS) is 15.9. The topological polar surface area (TPSA) is 98.1 Å². The monoisotopic (exact) mass is 422 g/mol. The van der Waals surface area contributed by atoms with Crippen molar-refractivity contribution in [2.24, 2.45) is 0 Å². The first-order valence-electron chi connectivity index (χ1n) is 9.41. The van der Waals surface area contributed by atoms with Gasteiger partial charge in [-0.3, -0.25) is 4.79 Å². The summed E-state index contributed by atoms with van der Waals surface area (Å²) in [6.45, 7) is 4.32. The Morgan fingerprint density at radius 2 is 1.86 bits per heavy atom. The van der Waals surface area contributed by atoms with Crippen molar-refractivity contribution in [2.75, 3.05) is 27.3 Å². The summed E-state index contributed by atoms with van der Waals surface area (Å²) in [4.78, 5) is 12.7. The molecule has 1 saturated heterocycles. The maximum absolute atomic E-state index is 12.8. The van der Waals surface area contributed by atoms with Crippen LogP contribution >= 0.6 is 0 Å². The molecule has 1 aromatic carbocycles. The maximum atomic E-state index is 12.8. The zero-order valence-corrected chi connectivity index (χ0v) is 17.8. The average Bonchev–Trinajstić information content (AvgIpc) is 3.37. The number of benzene rings is 1. The highest BCUT2D eigenvalue weighted by Gasteiger charge is 2.32. The molecule has 0 aliphatic carbocycles. The molecule has 1 atom stereocenters. The first-order chi connectivity index (χ1) is 13.8. The molecule has 158 valence electrons. The molecule has 29 heavy (non-hydrogen) atoms. The van der Waals surface area contributed by atoms with Gasteiger partial charge < -0.3 is 19.2 Å². The van der Waals surface area contributed by atoms with Gasteiger partial charge in [-0.25, -0.2) is 8.42 Å². The minimum absolute atomic E-state index is 0.0381. The van der Waals surface area contributed by atoms with Crippen LogP contribution in [-0.4, -0.2) is 45.9 Å². The van der Waals surface area contributed by atoms with Gasteiger partial charge in [-0.2, -0.15) is 4.31 Å². The lowest BCUT2D eigenvalue weighted by atomic mass is 10.1. The molecule has 0 bridgehead atoms. The number of carbonyl (C=O) groups is 1. The van der Waals surface area contributed by atoms with Crippen LogP contribution in [0.25, 0.3) is 0 Å². The second-order valence-electron chi connectivity index (χ2n) is 6.95. The highest BCUT2D eigenvalue weighted by atomic mass is 32.2. The highest BCUT2D eigenvalue weighted by Crippen LogP contribution is 2.30. The first-order valence-corrected chi connectivity index (χ1v) is 10.8. The van der Waals surface area contributed by atoms with Crippen LogP contribution in [0, 0.1) is 6.92 Å². The van der Waals surface area contributed by atoms with Crippen molar-refractivity contribution < 1.29 is 27.1 Å². The molecule has 8 nitrogen and oxygen atoms in total. The van der Waals surface area contributed by atoms with Gasteiger partial charge in [-0.05, 0) is 44.9 Å². The summed E-state index contributed by atoms with van der Waals surface area (Å²) < 4.78 is 43.1. The molecule has 1 aliphatic rings. The van der Waals surface area contributed by atoms with Gasteiger partial charge in [-0.1, -0.05) is 0 Å². The van der Waals surface area contributed by atoms with E-state index in [9.17, 15) is 13.2 Å². The maximum Gasteiger partial charge on any atom is 0.287 e. The molecule has 0 radical (unpaired) electrons. The lowest BCUT2D eigenvalue weighted by Crippen LogP contribution is -2.28. The van der Waals surface area contributed by atoms with Gasteiger partial charge in [0.1, 0.15) is 22.2 Å². The molecule has 3 rings (SSSR count). The van der Waals surface area contributed by atoms with E-state index in [-0.39, 0.29) is 16.4 Å². The number of aryl methyl sites for hydroxylation is 1. The van der Waals surface area contributed by atoms with Gasteiger partial charge in [0.15, 0.2) is 5.76 Å². The summed E-state index contributed by atoms with van der Waals surface area (Å²) in [6, 6.07) is 6.18. The summed E-state index contributed by atoms with van der Waals surface area (Å²) in [5.74, 6) is 0.886. The van der Waals surface area contributed by atoms with Crippen molar-refractivity contribution in [1.29, 1.82) is 0 Å². The molecule has 1 N–H and O–H groups in total. The van der Waals surface area contributed by atoms with Crippen LogP contribution in [0.2, 0.25) is 0 Å². The van der Waals surface area contributed by atoms with E-state index >= 15 is 0 Å². The molecule has 9 heteroatoms. The number of hydrogen-bond acceptors (Lipinski definition) is 6. The van der Waals surface area contributed by atoms with E-state index in [1.165, 1.54) is 10.4 Å². The predicted octanol–water partition coefficient (Wildman–Crippen LogP) is 2.88. The highest BCUT2D eigenvalue weighted by molar-refractivity contribution is 7.89. The molecule has 0 spiro atoms. The number of carbonyl (C=O) groups excluding carboxylic acids is 1. The van der Waals surface area contributed by atoms with E-state index in [1.807, 2.05) is 0 Å². The van der Waals surface area contributed by atoms with E-state index in [1.54, 1.807) is 46.3 Å². The van der Waals surface area contributed by atoms with Gasteiger partial charge in [0.25, 0.3) is 5.91 Å². The Morgan fingerprint density at radius 1 is 1.17 bits per heavy atom. The number of ether oxygens (including phenoxy) is 2. The van der Waals surface area contributed by atoms with Crippen LogP contribution in [-0.2, 0) is 10.0 Å². The fraction of sp³-hybridized carbons (Fsp3) is 0.450. The van der Waals surface area contributed by atoms with Gasteiger partial charge in [-0.15, -0.1) is 0 Å². The first kappa shape index (κ1) is 21.2. The van der Waals surface area contributed by atoms with Gasteiger partial charge in [0, 0.05) is 24.7 Å². The van der Waals surface area contributed by atoms with E-state index < -0.39 is 22.0 Å². The van der Waals surface area contributed by atoms with Crippen LogP contribution in [0.5, 0.6) is 11.5 Å². The summed E-state index contributed by atoms with van der Waals surface area (Å²) in [5.41, 5.74) is 0.730. The van der Waals surface area contributed by atoms with Crippen LogP contribution in [0.3, 0.4) is 0 Å². The zero-order chi connectivity index (χ0) is 21.2. The largest absolute Gasteiger partial charge is 0.497 e. The van der Waals surface area contributed by atoms with Crippen molar-refractivity contribution in [2.45, 2.75) is 37.6 Å². The second kappa shape index (κ2) is 8.46. The fourth-order valence-electron chi connectivity index (χ4n) is 3.42. The number of nitrogens with one attached hydrogen (secondary N) is 1. The Balaban J connectivity index is 1.81. The van der Waals surface area contributed by atoms with E-state index in [2.05, 4.69) is 5.32 Å². The van der Waals surface area contributed by atoms with E-state index in [4.69, 9.17) is 13.9 Å². The lowest BCUT2D eigenvalue weighted by Gasteiger charge is -2.17. The van der Waals surface area contributed by atoms with Crippen LogP contribution in [0.15, 0.2) is 33.6 Å². The Bertz CT molecular complexity index is 992. The standard InChI is InChI=1S/C20H26N2O6S/c1-13(16-11-15(26-3)7-8-17(16)27-4)21-20(23)18-12-19(14(2)28-18)29(24,25)22-9-5-6-10-22/h7-8,11-13H,5-6,9-10H2,1-4H3,(H,21,23)/t13-/m1/s1. The molecular formula is C20H26N2O6S.